The van der Waals surface area contributed by atoms with E-state index in [1.165, 1.54) is 6.07 Å². The van der Waals surface area contributed by atoms with Crippen molar-refractivity contribution in [3.63, 3.8) is 0 Å². The minimum Gasteiger partial charge on any atom is -0.504 e. The Balaban J connectivity index is 2.98. The zero-order chi connectivity index (χ0) is 10.8. The van der Waals surface area contributed by atoms with Gasteiger partial charge in [0.1, 0.15) is 6.33 Å². The molecule has 0 saturated carbocycles. The Kier molecular flexibility index (Phi) is 2.73. The van der Waals surface area contributed by atoms with Crippen LogP contribution in [0.25, 0.3) is 6.08 Å². The Morgan fingerprint density at radius 2 is 2.07 bits per heavy atom. The summed E-state index contributed by atoms with van der Waals surface area (Å²) in [6.45, 7) is 1.61. The molecular weight excluding hydrogens is 197 g/mol. The normalized spacial score (nSPS) is 13.0. The lowest BCUT2D eigenvalue weighted by Crippen LogP contribution is -2.10. The molecule has 1 aromatic rings. The fourth-order valence-corrected chi connectivity index (χ4v) is 0.776. The van der Waals surface area contributed by atoms with Crippen LogP contribution < -0.4 is 0 Å². The maximum Gasteiger partial charge on any atom is 0.448 e. The lowest BCUT2D eigenvalue weighted by atomic mass is 10.3. The number of hydrogen-bond donors (Lipinski definition) is 1. The molecule has 0 aliphatic carbocycles. The molecule has 0 bridgehead atoms. The minimum atomic E-state index is -4.74. The number of aromatic nitrogens is 2. The Bertz CT molecular complexity index is 360. The molecule has 3 nitrogen and oxygen atoms in total. The number of hydrogen-bond acceptors (Lipinski definition) is 3. The molecule has 0 amide bonds. The Hall–Kier alpha value is -1.59. The maximum atomic E-state index is 11.9. The van der Waals surface area contributed by atoms with Crippen LogP contribution in [0.4, 0.5) is 13.2 Å². The Morgan fingerprint density at radius 3 is 2.57 bits per heavy atom. The van der Waals surface area contributed by atoms with E-state index in [2.05, 4.69) is 9.97 Å². The summed E-state index contributed by atoms with van der Waals surface area (Å²) in [6, 6.07) is 1.34. The van der Waals surface area contributed by atoms with E-state index in [4.69, 9.17) is 5.11 Å². The number of aryl methyl sites for hydroxylation is 1. The van der Waals surface area contributed by atoms with Gasteiger partial charge in [0.05, 0.1) is 5.69 Å². The highest BCUT2D eigenvalue weighted by molar-refractivity contribution is 5.47. The first-order valence-electron chi connectivity index (χ1n) is 3.66. The summed E-state index contributed by atoms with van der Waals surface area (Å²) in [5.74, 6) is -1.67. The second-order valence-corrected chi connectivity index (χ2v) is 2.61. The van der Waals surface area contributed by atoms with Crippen molar-refractivity contribution in [3.8, 4) is 0 Å². The fourth-order valence-electron chi connectivity index (χ4n) is 0.776. The minimum absolute atomic E-state index is 0.0207. The fraction of sp³-hybridized carbons (Fsp3) is 0.250. The van der Waals surface area contributed by atoms with E-state index in [0.29, 0.717) is 11.8 Å². The van der Waals surface area contributed by atoms with Gasteiger partial charge in [-0.2, -0.15) is 13.2 Å². The van der Waals surface area contributed by atoms with E-state index in [9.17, 15) is 13.2 Å². The number of halogens is 3. The SMILES string of the molecule is Cc1cc(/C=C(/O)C(F)(F)F)ncn1. The van der Waals surface area contributed by atoms with Gasteiger partial charge in [0.2, 0.25) is 0 Å². The van der Waals surface area contributed by atoms with Crippen molar-refractivity contribution in [3.05, 3.63) is 29.5 Å². The summed E-state index contributed by atoms with van der Waals surface area (Å²) in [5, 5.41) is 8.61. The van der Waals surface area contributed by atoms with Gasteiger partial charge in [0.15, 0.2) is 5.76 Å². The molecule has 1 aromatic heterocycles. The highest BCUT2D eigenvalue weighted by Crippen LogP contribution is 2.24. The van der Waals surface area contributed by atoms with Crippen LogP contribution in [0.2, 0.25) is 0 Å². The number of alkyl halides is 3. The van der Waals surface area contributed by atoms with Gasteiger partial charge in [-0.3, -0.25) is 0 Å². The van der Waals surface area contributed by atoms with Gasteiger partial charge in [-0.25, -0.2) is 9.97 Å². The van der Waals surface area contributed by atoms with Crippen LogP contribution in [0.5, 0.6) is 0 Å². The van der Waals surface area contributed by atoms with Crippen LogP contribution in [-0.4, -0.2) is 21.3 Å². The predicted molar refractivity (Wildman–Crippen MR) is 43.4 cm³/mol. The molecule has 0 radical (unpaired) electrons. The lowest BCUT2D eigenvalue weighted by molar-refractivity contribution is -0.119. The molecule has 0 saturated heterocycles. The van der Waals surface area contributed by atoms with Crippen LogP contribution in [0.15, 0.2) is 18.2 Å². The van der Waals surface area contributed by atoms with Crippen LogP contribution in [0, 0.1) is 6.92 Å². The van der Waals surface area contributed by atoms with E-state index in [1.807, 2.05) is 0 Å². The summed E-state index contributed by atoms with van der Waals surface area (Å²) in [6.07, 6.45) is -3.06. The van der Waals surface area contributed by atoms with Gasteiger partial charge in [-0.1, -0.05) is 0 Å². The third kappa shape index (κ3) is 2.72. The van der Waals surface area contributed by atoms with E-state index in [0.717, 1.165) is 6.33 Å². The van der Waals surface area contributed by atoms with E-state index in [1.54, 1.807) is 6.92 Å². The van der Waals surface area contributed by atoms with Crippen molar-refractivity contribution in [1.82, 2.24) is 9.97 Å². The van der Waals surface area contributed by atoms with Gasteiger partial charge in [0.25, 0.3) is 0 Å². The summed E-state index contributed by atoms with van der Waals surface area (Å²) in [4.78, 5) is 7.25. The maximum absolute atomic E-state index is 11.9. The van der Waals surface area contributed by atoms with Gasteiger partial charge >= 0.3 is 6.18 Å². The number of nitrogens with zero attached hydrogens (tertiary/aromatic N) is 2. The van der Waals surface area contributed by atoms with E-state index >= 15 is 0 Å². The Morgan fingerprint density at radius 1 is 1.43 bits per heavy atom. The highest BCUT2D eigenvalue weighted by Gasteiger charge is 2.33. The summed E-state index contributed by atoms with van der Waals surface area (Å²) in [7, 11) is 0. The second-order valence-electron chi connectivity index (χ2n) is 2.61. The van der Waals surface area contributed by atoms with Crippen molar-refractivity contribution in [2.75, 3.05) is 0 Å². The molecular formula is C8H7F3N2O. The standard InChI is InChI=1S/C8H7F3N2O/c1-5-2-6(13-4-12-5)3-7(14)8(9,10)11/h2-4,14H,1H3/b7-3+. The first-order valence-corrected chi connectivity index (χ1v) is 3.66. The average Bonchev–Trinajstić information content (AvgIpc) is 2.02. The topological polar surface area (TPSA) is 46.0 Å². The monoisotopic (exact) mass is 204 g/mol. The van der Waals surface area contributed by atoms with Crippen molar-refractivity contribution in [2.24, 2.45) is 0 Å². The Labute approximate surface area is 77.9 Å². The lowest BCUT2D eigenvalue weighted by Gasteiger charge is -2.03. The molecule has 1 heterocycles. The number of aliphatic hydroxyl groups excluding tert-OH is 1. The molecule has 1 rings (SSSR count). The zero-order valence-electron chi connectivity index (χ0n) is 7.21. The van der Waals surface area contributed by atoms with Gasteiger partial charge < -0.3 is 5.11 Å². The summed E-state index contributed by atoms with van der Waals surface area (Å²) >= 11 is 0. The zero-order valence-corrected chi connectivity index (χ0v) is 7.21. The second kappa shape index (κ2) is 3.65. The van der Waals surface area contributed by atoms with E-state index < -0.39 is 11.9 Å². The first-order chi connectivity index (χ1) is 6.39. The molecule has 0 aliphatic rings. The summed E-state index contributed by atoms with van der Waals surface area (Å²) < 4.78 is 35.6. The molecule has 0 atom stereocenters. The van der Waals surface area contributed by atoms with Gasteiger partial charge in [-0.05, 0) is 13.0 Å². The molecule has 6 heteroatoms. The van der Waals surface area contributed by atoms with Crippen LogP contribution in [0.1, 0.15) is 11.4 Å². The van der Waals surface area contributed by atoms with Crippen LogP contribution >= 0.6 is 0 Å². The quantitative estimate of drug-likeness (QED) is 0.713. The molecule has 1 N–H and O–H groups in total. The van der Waals surface area contributed by atoms with Crippen molar-refractivity contribution in [1.29, 1.82) is 0 Å². The van der Waals surface area contributed by atoms with Crippen LogP contribution in [0.3, 0.4) is 0 Å². The molecule has 14 heavy (non-hydrogen) atoms. The largest absolute Gasteiger partial charge is 0.504 e. The number of aliphatic hydroxyl groups is 1. The third-order valence-electron chi connectivity index (χ3n) is 1.40. The van der Waals surface area contributed by atoms with E-state index in [-0.39, 0.29) is 5.69 Å². The molecule has 0 aromatic carbocycles. The molecule has 0 unspecified atom stereocenters. The predicted octanol–water partition coefficient (Wildman–Crippen LogP) is 2.25. The highest BCUT2D eigenvalue weighted by atomic mass is 19.4. The van der Waals surface area contributed by atoms with Crippen LogP contribution in [-0.2, 0) is 0 Å². The molecule has 76 valence electrons. The molecule has 0 aliphatic heterocycles. The van der Waals surface area contributed by atoms with Gasteiger partial charge in [0, 0.05) is 11.8 Å². The number of allylic oxidation sites excluding steroid dienone is 1. The summed E-state index contributed by atoms with van der Waals surface area (Å²) in [5.41, 5.74) is 0.550. The van der Waals surface area contributed by atoms with Crippen molar-refractivity contribution >= 4 is 6.08 Å². The van der Waals surface area contributed by atoms with Crippen molar-refractivity contribution < 1.29 is 18.3 Å². The first kappa shape index (κ1) is 10.5. The number of rotatable bonds is 1. The molecule has 0 fully saturated rings. The third-order valence-corrected chi connectivity index (χ3v) is 1.40. The van der Waals surface area contributed by atoms with Gasteiger partial charge in [-0.15, -0.1) is 0 Å². The molecule has 0 spiro atoms. The van der Waals surface area contributed by atoms with Crippen molar-refractivity contribution in [2.45, 2.75) is 13.1 Å². The average molecular weight is 204 g/mol. The smallest absolute Gasteiger partial charge is 0.448 e.